The van der Waals surface area contributed by atoms with Crippen LogP contribution >= 0.6 is 0 Å². The van der Waals surface area contributed by atoms with Crippen LogP contribution in [0, 0.1) is 11.3 Å². The highest BCUT2D eigenvalue weighted by molar-refractivity contribution is 7.85. The summed E-state index contributed by atoms with van der Waals surface area (Å²) in [7, 11) is -0.651. The Labute approximate surface area is 106 Å². The fourth-order valence-corrected chi connectivity index (χ4v) is 1.07. The molecular formula is C10H14N2O5S. The maximum Gasteiger partial charge on any atom is 0.348 e. The molecule has 7 nitrogen and oxygen atoms in total. The predicted octanol–water partition coefficient (Wildman–Crippen LogP) is -0.0573. The number of nitriles is 1. The van der Waals surface area contributed by atoms with E-state index < -0.39 is 28.4 Å². The Bertz CT molecular complexity index is 485. The van der Waals surface area contributed by atoms with Gasteiger partial charge in [-0.15, -0.1) is 0 Å². The molecule has 0 fully saturated rings. The summed E-state index contributed by atoms with van der Waals surface area (Å²) in [6, 6.07) is 1.63. The van der Waals surface area contributed by atoms with Crippen molar-refractivity contribution in [1.29, 1.82) is 5.26 Å². The smallest absolute Gasteiger partial charge is 0.348 e. The second-order valence-electron chi connectivity index (χ2n) is 3.42. The van der Waals surface area contributed by atoms with Gasteiger partial charge < -0.3 is 9.64 Å². The third-order valence-electron chi connectivity index (χ3n) is 1.56. The van der Waals surface area contributed by atoms with Crippen LogP contribution in [0.4, 0.5) is 0 Å². The zero-order chi connectivity index (χ0) is 14.2. The molecule has 100 valence electrons. The van der Waals surface area contributed by atoms with Gasteiger partial charge in [0.05, 0.1) is 0 Å². The Kier molecular flexibility index (Phi) is 6.70. The van der Waals surface area contributed by atoms with Gasteiger partial charge in [-0.25, -0.2) is 4.79 Å². The highest BCUT2D eigenvalue weighted by atomic mass is 32.2. The van der Waals surface area contributed by atoms with Crippen LogP contribution in [0.5, 0.6) is 0 Å². The number of hydrogen-bond acceptors (Lipinski definition) is 6. The maximum atomic E-state index is 11.3. The monoisotopic (exact) mass is 274 g/mol. The molecule has 18 heavy (non-hydrogen) atoms. The van der Waals surface area contributed by atoms with E-state index in [9.17, 15) is 13.2 Å². The lowest BCUT2D eigenvalue weighted by atomic mass is 10.3. The first kappa shape index (κ1) is 16.1. The van der Waals surface area contributed by atoms with E-state index in [0.29, 0.717) is 0 Å². The Balaban J connectivity index is 4.42. The molecule has 1 N–H and O–H groups in total. The van der Waals surface area contributed by atoms with Gasteiger partial charge in [0.1, 0.15) is 24.0 Å². The molecule has 8 heteroatoms. The van der Waals surface area contributed by atoms with E-state index in [0.717, 1.165) is 0 Å². The van der Waals surface area contributed by atoms with Crippen LogP contribution in [0.15, 0.2) is 23.9 Å². The number of nitrogens with zero attached hydrogens (tertiary/aromatic N) is 2. The van der Waals surface area contributed by atoms with Gasteiger partial charge in [-0.2, -0.15) is 13.7 Å². The minimum Gasteiger partial charge on any atom is -0.460 e. The lowest BCUT2D eigenvalue weighted by molar-refractivity contribution is -0.137. The van der Waals surface area contributed by atoms with Crippen molar-refractivity contribution in [2.24, 2.45) is 0 Å². The molecule has 0 bridgehead atoms. The van der Waals surface area contributed by atoms with Gasteiger partial charge in [-0.05, 0) is 18.4 Å². The standard InChI is InChI=1S/C10H14N2O5S/c1-12(2)5-3-4-9(8-11)10(13)17-6-7-18(14,15)16/h3-5H,6-7H2,1-2H3,(H,14,15,16)/b5-3+,9-4+. The molecular weight excluding hydrogens is 260 g/mol. The summed E-state index contributed by atoms with van der Waals surface area (Å²) in [5.41, 5.74) is -0.261. The van der Waals surface area contributed by atoms with E-state index in [1.54, 1.807) is 31.3 Å². The number of hydrogen-bond donors (Lipinski definition) is 1. The number of allylic oxidation sites excluding steroid dienone is 2. The third-order valence-corrected chi connectivity index (χ3v) is 2.24. The molecule has 0 heterocycles. The van der Waals surface area contributed by atoms with E-state index in [-0.39, 0.29) is 5.57 Å². The van der Waals surface area contributed by atoms with Crippen molar-refractivity contribution >= 4 is 16.1 Å². The summed E-state index contributed by atoms with van der Waals surface area (Å²) in [6.07, 6.45) is 4.33. The number of esters is 1. The summed E-state index contributed by atoms with van der Waals surface area (Å²) in [5, 5.41) is 8.69. The maximum absolute atomic E-state index is 11.3. The van der Waals surface area contributed by atoms with E-state index >= 15 is 0 Å². The fourth-order valence-electron chi connectivity index (χ4n) is 0.780. The molecule has 0 aromatic carbocycles. The van der Waals surface area contributed by atoms with Gasteiger partial charge in [0, 0.05) is 14.1 Å². The van der Waals surface area contributed by atoms with E-state index in [2.05, 4.69) is 4.74 Å². The normalized spacial score (nSPS) is 12.2. The van der Waals surface area contributed by atoms with Gasteiger partial charge >= 0.3 is 5.97 Å². The van der Waals surface area contributed by atoms with E-state index in [1.807, 2.05) is 0 Å². The van der Waals surface area contributed by atoms with Crippen LogP contribution in [0.25, 0.3) is 0 Å². The highest BCUT2D eigenvalue weighted by Crippen LogP contribution is 1.98. The Morgan fingerprint density at radius 2 is 2.11 bits per heavy atom. The molecule has 0 saturated heterocycles. The van der Waals surface area contributed by atoms with Crippen molar-refractivity contribution in [3.05, 3.63) is 23.9 Å². The van der Waals surface area contributed by atoms with Gasteiger partial charge in [-0.1, -0.05) is 0 Å². The van der Waals surface area contributed by atoms with Crippen molar-refractivity contribution in [2.75, 3.05) is 26.5 Å². The van der Waals surface area contributed by atoms with E-state index in [1.165, 1.54) is 12.2 Å². The van der Waals surface area contributed by atoms with Crippen LogP contribution in [-0.2, 0) is 19.6 Å². The second-order valence-corrected chi connectivity index (χ2v) is 4.99. The van der Waals surface area contributed by atoms with E-state index in [4.69, 9.17) is 9.81 Å². The summed E-state index contributed by atoms with van der Waals surface area (Å²) in [4.78, 5) is 13.0. The average Bonchev–Trinajstić information content (AvgIpc) is 2.22. The zero-order valence-electron chi connectivity index (χ0n) is 10.0. The van der Waals surface area contributed by atoms with Gasteiger partial charge in [0.25, 0.3) is 10.1 Å². The molecule has 0 spiro atoms. The third kappa shape index (κ3) is 8.32. The highest BCUT2D eigenvalue weighted by Gasteiger charge is 2.11. The average molecular weight is 274 g/mol. The zero-order valence-corrected chi connectivity index (χ0v) is 10.8. The summed E-state index contributed by atoms with van der Waals surface area (Å²) in [6.45, 7) is -0.506. The van der Waals surface area contributed by atoms with Crippen molar-refractivity contribution < 1.29 is 22.5 Å². The number of ether oxygens (including phenoxy) is 1. The molecule has 0 saturated carbocycles. The lowest BCUT2D eigenvalue weighted by Gasteiger charge is -2.02. The Morgan fingerprint density at radius 1 is 1.50 bits per heavy atom. The minimum atomic E-state index is -4.18. The molecule has 0 atom stereocenters. The van der Waals surface area contributed by atoms with Crippen LogP contribution in [0.1, 0.15) is 0 Å². The fraction of sp³-hybridized carbons (Fsp3) is 0.400. The largest absolute Gasteiger partial charge is 0.460 e. The minimum absolute atomic E-state index is 0.261. The van der Waals surface area contributed by atoms with Crippen molar-refractivity contribution in [3.63, 3.8) is 0 Å². The van der Waals surface area contributed by atoms with Gasteiger partial charge in [0.2, 0.25) is 0 Å². The predicted molar refractivity (Wildman–Crippen MR) is 63.9 cm³/mol. The second kappa shape index (κ2) is 7.47. The van der Waals surface area contributed by atoms with Crippen molar-refractivity contribution in [1.82, 2.24) is 4.90 Å². The van der Waals surface area contributed by atoms with Crippen molar-refractivity contribution in [2.45, 2.75) is 0 Å². The summed E-state index contributed by atoms with van der Waals surface area (Å²) in [5.74, 6) is -1.64. The molecule has 0 amide bonds. The van der Waals surface area contributed by atoms with Gasteiger partial charge in [-0.3, -0.25) is 4.55 Å². The summed E-state index contributed by atoms with van der Waals surface area (Å²) < 4.78 is 33.7. The first-order valence-electron chi connectivity index (χ1n) is 4.83. The van der Waals surface area contributed by atoms with Crippen molar-refractivity contribution in [3.8, 4) is 6.07 Å². The SMILES string of the molecule is CN(C)/C=C/C=C(\C#N)C(=O)OCCS(=O)(=O)O. The first-order chi connectivity index (χ1) is 8.26. The molecule has 0 aromatic heterocycles. The number of rotatable bonds is 6. The Hall–Kier alpha value is -1.85. The number of carbonyl (C=O) groups is 1. The van der Waals surface area contributed by atoms with Crippen LogP contribution in [0.2, 0.25) is 0 Å². The molecule has 0 aliphatic rings. The molecule has 0 aliphatic carbocycles. The molecule has 0 aromatic rings. The number of carbonyl (C=O) groups excluding carboxylic acids is 1. The van der Waals surface area contributed by atoms with Crippen LogP contribution < -0.4 is 0 Å². The Morgan fingerprint density at radius 3 is 2.56 bits per heavy atom. The lowest BCUT2D eigenvalue weighted by Crippen LogP contribution is -2.15. The first-order valence-corrected chi connectivity index (χ1v) is 6.44. The topological polar surface area (TPSA) is 108 Å². The van der Waals surface area contributed by atoms with Crippen LogP contribution in [0.3, 0.4) is 0 Å². The molecule has 0 rings (SSSR count). The molecule has 0 radical (unpaired) electrons. The van der Waals surface area contributed by atoms with Crippen LogP contribution in [-0.4, -0.2) is 50.3 Å². The van der Waals surface area contributed by atoms with Gasteiger partial charge in [0.15, 0.2) is 0 Å². The molecule has 0 unspecified atom stereocenters. The summed E-state index contributed by atoms with van der Waals surface area (Å²) >= 11 is 0. The quantitative estimate of drug-likeness (QED) is 0.238. The molecule has 0 aliphatic heterocycles.